The van der Waals surface area contributed by atoms with Crippen molar-refractivity contribution >= 4 is 5.91 Å². The summed E-state index contributed by atoms with van der Waals surface area (Å²) in [6, 6.07) is -0.910. The Morgan fingerprint density at radius 3 is 1.14 bits per heavy atom. The van der Waals surface area contributed by atoms with Crippen molar-refractivity contribution in [3.05, 3.63) is 12.2 Å². The number of nitrogens with one attached hydrogen (secondary N) is 1. The molecule has 0 aromatic carbocycles. The highest BCUT2D eigenvalue weighted by Crippen LogP contribution is 2.30. The molecule has 0 aromatic rings. The molecule has 81 heavy (non-hydrogen) atoms. The van der Waals surface area contributed by atoms with Crippen molar-refractivity contribution in [1.82, 2.24) is 5.32 Å². The van der Waals surface area contributed by atoms with E-state index < -0.39 is 86.8 Å². The van der Waals surface area contributed by atoms with Crippen LogP contribution in [0.2, 0.25) is 0 Å². The van der Waals surface area contributed by atoms with Crippen LogP contribution in [0.5, 0.6) is 0 Å². The van der Waals surface area contributed by atoms with E-state index in [1.54, 1.807) is 6.08 Å². The molecule has 12 unspecified atom stereocenters. The van der Waals surface area contributed by atoms with E-state index in [1.807, 2.05) is 6.08 Å². The van der Waals surface area contributed by atoms with Gasteiger partial charge in [0.25, 0.3) is 0 Å². The second-order valence-electron chi connectivity index (χ2n) is 24.7. The van der Waals surface area contributed by atoms with Gasteiger partial charge in [-0.05, 0) is 19.3 Å². The lowest BCUT2D eigenvalue weighted by molar-refractivity contribution is -0.359. The molecule has 0 saturated carbocycles. The van der Waals surface area contributed by atoms with Gasteiger partial charge < -0.3 is 65.1 Å². The Kier molecular flexibility index (Phi) is 49.6. The molecule has 0 bridgehead atoms. The molecule has 0 aromatic heterocycles. The molecule has 14 nitrogen and oxygen atoms in total. The molecule has 2 heterocycles. The Balaban J connectivity index is 1.64. The first-order valence-corrected chi connectivity index (χ1v) is 34.4. The number of hydrogen-bond donors (Lipinski definition) is 9. The first-order chi connectivity index (χ1) is 39.6. The Labute approximate surface area is 495 Å². The lowest BCUT2D eigenvalue weighted by Gasteiger charge is -2.46. The van der Waals surface area contributed by atoms with Crippen molar-refractivity contribution < 1.29 is 64.6 Å². The number of aliphatic hydroxyl groups excluding tert-OH is 8. The van der Waals surface area contributed by atoms with Gasteiger partial charge in [0.15, 0.2) is 12.6 Å². The summed E-state index contributed by atoms with van der Waals surface area (Å²) >= 11 is 0. The summed E-state index contributed by atoms with van der Waals surface area (Å²) < 4.78 is 22.8. The molecule has 0 radical (unpaired) electrons. The van der Waals surface area contributed by atoms with Crippen LogP contribution >= 0.6 is 0 Å². The summed E-state index contributed by atoms with van der Waals surface area (Å²) in [5.41, 5.74) is 0. The van der Waals surface area contributed by atoms with Gasteiger partial charge in [-0.3, -0.25) is 4.79 Å². The van der Waals surface area contributed by atoms with Gasteiger partial charge in [-0.2, -0.15) is 0 Å². The van der Waals surface area contributed by atoms with Crippen molar-refractivity contribution in [2.45, 2.75) is 389 Å². The van der Waals surface area contributed by atoms with E-state index in [9.17, 15) is 45.6 Å². The molecular formula is C67H129NO13. The van der Waals surface area contributed by atoms with Gasteiger partial charge in [-0.1, -0.05) is 302 Å². The maximum atomic E-state index is 13.3. The highest BCUT2D eigenvalue weighted by atomic mass is 16.7. The third kappa shape index (κ3) is 37.8. The van der Waals surface area contributed by atoms with E-state index >= 15 is 0 Å². The number of amides is 1. The smallest absolute Gasteiger partial charge is 0.220 e. The molecule has 480 valence electrons. The summed E-state index contributed by atoms with van der Waals surface area (Å²) in [5, 5.41) is 87.3. The Morgan fingerprint density at radius 2 is 0.765 bits per heavy atom. The zero-order valence-corrected chi connectivity index (χ0v) is 52.1. The quantitative estimate of drug-likeness (QED) is 0.0204. The molecule has 2 aliphatic rings. The first kappa shape index (κ1) is 75.8. The van der Waals surface area contributed by atoms with Crippen LogP contribution in [-0.2, 0) is 23.7 Å². The summed E-state index contributed by atoms with van der Waals surface area (Å²) in [5.74, 6) is -0.233. The fourth-order valence-corrected chi connectivity index (χ4v) is 11.7. The fraction of sp³-hybridized carbons (Fsp3) is 0.955. The Hall–Kier alpha value is -1.27. The van der Waals surface area contributed by atoms with Crippen LogP contribution in [0.3, 0.4) is 0 Å². The van der Waals surface area contributed by atoms with Gasteiger partial charge in [-0.25, -0.2) is 0 Å². The van der Waals surface area contributed by atoms with Crippen LogP contribution in [-0.4, -0.2) is 140 Å². The standard InChI is InChI=1S/C67H129NO13/c1-3-5-7-9-11-13-15-17-19-20-21-22-23-24-25-26-27-28-29-30-31-32-33-34-35-37-38-40-42-44-46-48-50-56(71)55(68-59(72)51-49-47-45-43-41-39-36-18-16-14-12-10-8-6-4-2)54-78-66-64(77)62(75)65(58(53-70)80-66)81-67-63(76)61(74)60(73)57(52-69)79-67/h48,50,55-58,60-67,69-71,73-77H,3-47,49,51-54H2,1-2H3,(H,68,72)/b50-48+. The second kappa shape index (κ2) is 53.0. The number of carbonyl (C=O) groups excluding carboxylic acids is 1. The molecule has 2 rings (SSSR count). The van der Waals surface area contributed by atoms with E-state index in [4.69, 9.17) is 18.9 Å². The summed E-state index contributed by atoms with van der Waals surface area (Å²) in [6.07, 6.45) is 47.1. The predicted octanol–water partition coefficient (Wildman–Crippen LogP) is 13.4. The maximum Gasteiger partial charge on any atom is 0.220 e. The van der Waals surface area contributed by atoms with Crippen LogP contribution in [0.25, 0.3) is 0 Å². The van der Waals surface area contributed by atoms with E-state index in [0.29, 0.717) is 6.42 Å². The summed E-state index contributed by atoms with van der Waals surface area (Å²) in [7, 11) is 0. The van der Waals surface area contributed by atoms with Crippen molar-refractivity contribution in [3.8, 4) is 0 Å². The molecule has 14 heteroatoms. The summed E-state index contributed by atoms with van der Waals surface area (Å²) in [4.78, 5) is 13.3. The van der Waals surface area contributed by atoms with E-state index in [0.717, 1.165) is 38.5 Å². The summed E-state index contributed by atoms with van der Waals surface area (Å²) in [6.45, 7) is 2.84. The average molecular weight is 1160 g/mol. The van der Waals surface area contributed by atoms with Crippen LogP contribution in [0, 0.1) is 0 Å². The molecule has 12 atom stereocenters. The largest absolute Gasteiger partial charge is 0.394 e. The number of allylic oxidation sites excluding steroid dienone is 1. The zero-order valence-electron chi connectivity index (χ0n) is 52.1. The number of ether oxygens (including phenoxy) is 4. The van der Waals surface area contributed by atoms with Crippen LogP contribution < -0.4 is 5.32 Å². The average Bonchev–Trinajstić information content (AvgIpc) is 3.47. The maximum absolute atomic E-state index is 13.3. The highest BCUT2D eigenvalue weighted by Gasteiger charge is 2.51. The van der Waals surface area contributed by atoms with Crippen molar-refractivity contribution in [2.24, 2.45) is 0 Å². The minimum absolute atomic E-state index is 0.233. The topological polar surface area (TPSA) is 228 Å². The fourth-order valence-electron chi connectivity index (χ4n) is 11.7. The van der Waals surface area contributed by atoms with Gasteiger partial charge in [0.2, 0.25) is 5.91 Å². The van der Waals surface area contributed by atoms with E-state index in [1.165, 1.54) is 250 Å². The second-order valence-corrected chi connectivity index (χ2v) is 24.7. The van der Waals surface area contributed by atoms with Gasteiger partial charge in [0, 0.05) is 6.42 Å². The van der Waals surface area contributed by atoms with E-state index in [2.05, 4.69) is 19.2 Å². The van der Waals surface area contributed by atoms with Crippen LogP contribution in [0.4, 0.5) is 0 Å². The van der Waals surface area contributed by atoms with Crippen molar-refractivity contribution in [3.63, 3.8) is 0 Å². The minimum atomic E-state index is -1.79. The Morgan fingerprint density at radius 1 is 0.432 bits per heavy atom. The third-order valence-electron chi connectivity index (χ3n) is 17.2. The minimum Gasteiger partial charge on any atom is -0.394 e. The molecular weight excluding hydrogens is 1030 g/mol. The lowest BCUT2D eigenvalue weighted by Crippen LogP contribution is -2.65. The third-order valence-corrected chi connectivity index (χ3v) is 17.2. The molecule has 2 aliphatic heterocycles. The van der Waals surface area contributed by atoms with Crippen LogP contribution in [0.15, 0.2) is 12.2 Å². The molecule has 0 aliphatic carbocycles. The number of hydrogen-bond acceptors (Lipinski definition) is 13. The van der Waals surface area contributed by atoms with Crippen molar-refractivity contribution in [2.75, 3.05) is 19.8 Å². The molecule has 1 amide bonds. The van der Waals surface area contributed by atoms with Crippen molar-refractivity contribution in [1.29, 1.82) is 0 Å². The van der Waals surface area contributed by atoms with Gasteiger partial charge in [-0.15, -0.1) is 0 Å². The predicted molar refractivity (Wildman–Crippen MR) is 328 cm³/mol. The van der Waals surface area contributed by atoms with Crippen LogP contribution in [0.1, 0.15) is 316 Å². The number of unbranched alkanes of at least 4 members (excludes halogenated alkanes) is 44. The van der Waals surface area contributed by atoms with E-state index in [-0.39, 0.29) is 18.9 Å². The number of rotatable bonds is 57. The molecule has 2 fully saturated rings. The highest BCUT2D eigenvalue weighted by molar-refractivity contribution is 5.76. The molecule has 2 saturated heterocycles. The molecule has 9 N–H and O–H groups in total. The lowest BCUT2D eigenvalue weighted by atomic mass is 9.97. The number of aliphatic hydroxyl groups is 8. The first-order valence-electron chi connectivity index (χ1n) is 34.4. The van der Waals surface area contributed by atoms with Gasteiger partial charge in [0.05, 0.1) is 32.0 Å². The normalized spacial score (nSPS) is 24.1. The van der Waals surface area contributed by atoms with Gasteiger partial charge >= 0.3 is 0 Å². The Bertz CT molecular complexity index is 1410. The van der Waals surface area contributed by atoms with Gasteiger partial charge in [0.1, 0.15) is 48.8 Å². The zero-order chi connectivity index (χ0) is 58.8. The molecule has 0 spiro atoms. The SMILES string of the molecule is CCCCCCCCCCCCCCCCCCCCCCCCCCCCCCCC/C=C/C(O)C(COC1OC(CO)C(OC2OC(CO)C(O)C(O)C2O)C(O)C1O)NC(=O)CCCCCCCCCCCCCCCCC. The number of carbonyl (C=O) groups is 1. The monoisotopic (exact) mass is 1160 g/mol.